The van der Waals surface area contributed by atoms with E-state index in [0.717, 1.165) is 0 Å². The fourth-order valence-electron chi connectivity index (χ4n) is 2.78. The van der Waals surface area contributed by atoms with Crippen molar-refractivity contribution in [1.29, 1.82) is 0 Å². The van der Waals surface area contributed by atoms with E-state index in [-0.39, 0.29) is 6.61 Å². The van der Waals surface area contributed by atoms with Crippen molar-refractivity contribution in [2.75, 3.05) is 19.5 Å². The Morgan fingerprint density at radius 1 is 0.912 bits per heavy atom. The molecule has 0 saturated carbocycles. The van der Waals surface area contributed by atoms with E-state index in [1.807, 2.05) is 0 Å². The maximum absolute atomic E-state index is 12.2. The van der Waals surface area contributed by atoms with Crippen LogP contribution in [0.15, 0.2) is 65.8 Å². The van der Waals surface area contributed by atoms with Crippen molar-refractivity contribution in [3.05, 3.63) is 81.8 Å². The molecule has 2 amide bonds. The molecule has 0 aromatic heterocycles. The van der Waals surface area contributed by atoms with Crippen LogP contribution in [0.25, 0.3) is 0 Å². The van der Waals surface area contributed by atoms with Gasteiger partial charge in [0.05, 0.1) is 26.1 Å². The second-order valence-electron chi connectivity index (χ2n) is 6.78. The molecule has 10 heteroatoms. The van der Waals surface area contributed by atoms with Gasteiger partial charge in [-0.3, -0.25) is 9.59 Å². The molecule has 0 radical (unpaired) electrons. The Hall–Kier alpha value is -3.75. The summed E-state index contributed by atoms with van der Waals surface area (Å²) in [5.74, 6) is -0.381. The predicted molar refractivity (Wildman–Crippen MR) is 131 cm³/mol. The van der Waals surface area contributed by atoms with Crippen molar-refractivity contribution in [2.24, 2.45) is 5.10 Å². The van der Waals surface area contributed by atoms with E-state index < -0.39 is 11.8 Å². The van der Waals surface area contributed by atoms with Crippen LogP contribution in [-0.4, -0.2) is 32.2 Å². The first-order chi connectivity index (χ1) is 16.4. The topological polar surface area (TPSA) is 98.2 Å². The van der Waals surface area contributed by atoms with Gasteiger partial charge in [-0.25, -0.2) is 5.43 Å². The van der Waals surface area contributed by atoms with Crippen LogP contribution in [0.2, 0.25) is 10.0 Å². The zero-order valence-electron chi connectivity index (χ0n) is 18.3. The summed E-state index contributed by atoms with van der Waals surface area (Å²) in [5, 5.41) is 7.33. The van der Waals surface area contributed by atoms with Gasteiger partial charge < -0.3 is 19.5 Å². The van der Waals surface area contributed by atoms with Crippen LogP contribution in [0, 0.1) is 0 Å². The molecule has 3 aromatic carbocycles. The number of hydrogen-bond acceptors (Lipinski definition) is 6. The highest BCUT2D eigenvalue weighted by Gasteiger charge is 2.16. The molecule has 176 valence electrons. The summed E-state index contributed by atoms with van der Waals surface area (Å²) in [6.45, 7) is 0.217. The summed E-state index contributed by atoms with van der Waals surface area (Å²) >= 11 is 12.3. The summed E-state index contributed by atoms with van der Waals surface area (Å²) in [6, 6.07) is 17.0. The highest BCUT2D eigenvalue weighted by molar-refractivity contribution is 6.39. The van der Waals surface area contributed by atoms with E-state index in [2.05, 4.69) is 15.8 Å². The molecule has 0 unspecified atom stereocenters. The Bertz CT molecular complexity index is 1180. The van der Waals surface area contributed by atoms with Crippen molar-refractivity contribution in [1.82, 2.24) is 5.43 Å². The van der Waals surface area contributed by atoms with Crippen molar-refractivity contribution in [3.63, 3.8) is 0 Å². The zero-order valence-corrected chi connectivity index (χ0v) is 19.8. The third-order valence-corrected chi connectivity index (χ3v) is 5.27. The molecule has 0 aliphatic carbocycles. The number of halogens is 2. The minimum Gasteiger partial charge on any atom is -0.497 e. The van der Waals surface area contributed by atoms with E-state index >= 15 is 0 Å². The number of benzene rings is 3. The lowest BCUT2D eigenvalue weighted by Gasteiger charge is -2.11. The highest BCUT2D eigenvalue weighted by Crippen LogP contribution is 2.29. The second kappa shape index (κ2) is 11.9. The van der Waals surface area contributed by atoms with Crippen LogP contribution < -0.4 is 25.0 Å². The van der Waals surface area contributed by atoms with Crippen molar-refractivity contribution < 1.29 is 23.8 Å². The Morgan fingerprint density at radius 3 is 2.24 bits per heavy atom. The number of nitrogens with one attached hydrogen (secondary N) is 2. The van der Waals surface area contributed by atoms with Crippen molar-refractivity contribution in [2.45, 2.75) is 6.61 Å². The molecule has 2 N–H and O–H groups in total. The second-order valence-corrected chi connectivity index (χ2v) is 7.59. The molecule has 0 heterocycles. The summed E-state index contributed by atoms with van der Waals surface area (Å²) in [5.41, 5.74) is 3.85. The number of nitrogens with zero attached hydrogens (tertiary/aromatic N) is 1. The van der Waals surface area contributed by atoms with E-state index in [9.17, 15) is 9.59 Å². The third kappa shape index (κ3) is 6.63. The van der Waals surface area contributed by atoms with Gasteiger partial charge in [0, 0.05) is 21.7 Å². The van der Waals surface area contributed by atoms with Crippen molar-refractivity contribution in [3.8, 4) is 17.2 Å². The van der Waals surface area contributed by atoms with Gasteiger partial charge in [-0.2, -0.15) is 5.10 Å². The average Bonchev–Trinajstić information content (AvgIpc) is 2.84. The Balaban J connectivity index is 1.53. The van der Waals surface area contributed by atoms with Gasteiger partial charge in [-0.05, 0) is 54.1 Å². The summed E-state index contributed by atoms with van der Waals surface area (Å²) in [4.78, 5) is 24.2. The summed E-state index contributed by atoms with van der Waals surface area (Å²) in [6.07, 6.45) is 1.39. The van der Waals surface area contributed by atoms with Crippen LogP contribution in [-0.2, 0) is 16.2 Å². The fraction of sp³-hybridized carbons (Fsp3) is 0.125. The Kier molecular flexibility index (Phi) is 8.73. The van der Waals surface area contributed by atoms with Gasteiger partial charge in [0.2, 0.25) is 0 Å². The standard InChI is InChI=1S/C24H21Cl2N3O5/c1-32-17-10-11-22(33-2)21(12-17)28-23(30)24(31)29-27-13-15-6-8-16(9-7-15)34-14-18-19(25)4-3-5-20(18)26/h3-13H,14H2,1-2H3,(H,28,30)(H,29,31)/b27-13+. The molecule has 0 spiro atoms. The maximum Gasteiger partial charge on any atom is 0.329 e. The highest BCUT2D eigenvalue weighted by atomic mass is 35.5. The first-order valence-corrected chi connectivity index (χ1v) is 10.7. The molecule has 0 atom stereocenters. The van der Waals surface area contributed by atoms with Crippen LogP contribution in [0.1, 0.15) is 11.1 Å². The molecule has 0 bridgehead atoms. The Labute approximate surface area is 206 Å². The molecular weight excluding hydrogens is 481 g/mol. The van der Waals surface area contributed by atoms with Crippen LogP contribution in [0.3, 0.4) is 0 Å². The maximum atomic E-state index is 12.2. The van der Waals surface area contributed by atoms with E-state index in [1.54, 1.807) is 54.6 Å². The van der Waals surface area contributed by atoms with Gasteiger partial charge >= 0.3 is 11.8 Å². The molecule has 34 heavy (non-hydrogen) atoms. The molecule has 0 aliphatic rings. The van der Waals surface area contributed by atoms with Gasteiger partial charge in [0.15, 0.2) is 0 Å². The predicted octanol–water partition coefficient (Wildman–Crippen LogP) is 4.68. The number of amides is 2. The normalized spacial score (nSPS) is 10.6. The largest absolute Gasteiger partial charge is 0.497 e. The SMILES string of the molecule is COc1ccc(OC)c(NC(=O)C(=O)N/N=C/c2ccc(OCc3c(Cl)cccc3Cl)cc2)c1. The zero-order chi connectivity index (χ0) is 24.5. The number of hydrazone groups is 1. The van der Waals surface area contributed by atoms with Crippen LogP contribution in [0.4, 0.5) is 5.69 Å². The third-order valence-electron chi connectivity index (χ3n) is 4.57. The number of rotatable bonds is 8. The first-order valence-electron chi connectivity index (χ1n) is 9.93. The first kappa shape index (κ1) is 24.9. The number of anilines is 1. The number of carbonyl (C=O) groups excluding carboxylic acids is 2. The lowest BCUT2D eigenvalue weighted by atomic mass is 10.2. The summed E-state index contributed by atoms with van der Waals surface area (Å²) in [7, 11) is 2.94. The minimum atomic E-state index is -0.947. The van der Waals surface area contributed by atoms with Gasteiger partial charge in [-0.1, -0.05) is 29.3 Å². The van der Waals surface area contributed by atoms with Crippen LogP contribution in [0.5, 0.6) is 17.2 Å². The van der Waals surface area contributed by atoms with E-state index in [0.29, 0.717) is 44.1 Å². The van der Waals surface area contributed by atoms with Crippen LogP contribution >= 0.6 is 23.2 Å². The number of hydrogen-bond donors (Lipinski definition) is 2. The van der Waals surface area contributed by atoms with Crippen molar-refractivity contribution >= 4 is 46.9 Å². The molecule has 8 nitrogen and oxygen atoms in total. The quantitative estimate of drug-likeness (QED) is 0.265. The lowest BCUT2D eigenvalue weighted by molar-refractivity contribution is -0.136. The van der Waals surface area contributed by atoms with Gasteiger partial charge in [-0.15, -0.1) is 0 Å². The molecular formula is C24H21Cl2N3O5. The fourth-order valence-corrected chi connectivity index (χ4v) is 3.29. The minimum absolute atomic E-state index is 0.217. The monoisotopic (exact) mass is 501 g/mol. The molecule has 3 aromatic rings. The summed E-state index contributed by atoms with van der Waals surface area (Å²) < 4.78 is 16.0. The molecule has 0 aliphatic heterocycles. The van der Waals surface area contributed by atoms with Gasteiger partial charge in [0.1, 0.15) is 23.9 Å². The molecule has 0 saturated heterocycles. The smallest absolute Gasteiger partial charge is 0.329 e. The van der Waals surface area contributed by atoms with E-state index in [4.69, 9.17) is 37.4 Å². The number of carbonyl (C=O) groups is 2. The number of methoxy groups -OCH3 is 2. The molecule has 0 fully saturated rings. The molecule has 3 rings (SSSR count). The lowest BCUT2D eigenvalue weighted by Crippen LogP contribution is -2.32. The van der Waals surface area contributed by atoms with E-state index in [1.165, 1.54) is 26.5 Å². The average molecular weight is 502 g/mol. The number of ether oxygens (including phenoxy) is 3. The van der Waals surface area contributed by atoms with Gasteiger partial charge in [0.25, 0.3) is 0 Å². The Morgan fingerprint density at radius 2 is 1.59 bits per heavy atom.